The Hall–Kier alpha value is -0.780. The number of nitrogens with zero attached hydrogens (tertiary/aromatic N) is 1. The summed E-state index contributed by atoms with van der Waals surface area (Å²) >= 11 is 2.28. The van der Waals surface area contributed by atoms with E-state index in [1.807, 2.05) is 6.92 Å². The Balaban J connectivity index is 2.48. The summed E-state index contributed by atoms with van der Waals surface area (Å²) in [6, 6.07) is 8.46. The van der Waals surface area contributed by atoms with Crippen LogP contribution in [-0.2, 0) is 6.42 Å². The number of hydrogen-bond donors (Lipinski definition) is 1. The lowest BCUT2D eigenvalue weighted by atomic mass is 10.1. The summed E-state index contributed by atoms with van der Waals surface area (Å²) in [5, 5.41) is 2.93. The molecule has 1 N–H and O–H groups in total. The molecule has 0 aliphatic carbocycles. The molecule has 4 heteroatoms. The normalized spacial score (nSPS) is 12.0. The number of carbonyl (C=O) groups is 1. The van der Waals surface area contributed by atoms with Crippen molar-refractivity contribution in [2.45, 2.75) is 19.4 Å². The van der Waals surface area contributed by atoms with Gasteiger partial charge in [0.05, 0.1) is 0 Å². The monoisotopic (exact) mass is 332 g/mol. The van der Waals surface area contributed by atoms with Crippen molar-refractivity contribution < 1.29 is 4.79 Å². The summed E-state index contributed by atoms with van der Waals surface area (Å²) in [7, 11) is 3.49. The molecule has 0 saturated carbocycles. The van der Waals surface area contributed by atoms with Crippen LogP contribution in [0.15, 0.2) is 24.3 Å². The summed E-state index contributed by atoms with van der Waals surface area (Å²) in [6.45, 7) is 2.01. The van der Waals surface area contributed by atoms with E-state index < -0.39 is 0 Å². The van der Waals surface area contributed by atoms with Gasteiger partial charge in [-0.05, 0) is 53.6 Å². The molecule has 0 fully saturated rings. The molecular weight excluding hydrogens is 315 g/mol. The molecule has 0 aliphatic heterocycles. The van der Waals surface area contributed by atoms with E-state index in [4.69, 9.17) is 0 Å². The highest BCUT2D eigenvalue weighted by atomic mass is 127. The second kappa shape index (κ2) is 6.08. The van der Waals surface area contributed by atoms with Gasteiger partial charge in [0.1, 0.15) is 0 Å². The van der Waals surface area contributed by atoms with E-state index in [2.05, 4.69) is 52.2 Å². The average molecular weight is 332 g/mol. The second-order valence-electron chi connectivity index (χ2n) is 4.08. The molecular formula is C12H17IN2O. The summed E-state index contributed by atoms with van der Waals surface area (Å²) in [4.78, 5) is 13.0. The van der Waals surface area contributed by atoms with Crippen LogP contribution in [0.25, 0.3) is 0 Å². The van der Waals surface area contributed by atoms with Gasteiger partial charge in [-0.1, -0.05) is 12.1 Å². The number of rotatable bonds is 3. The summed E-state index contributed by atoms with van der Waals surface area (Å²) in [5.41, 5.74) is 1.24. The van der Waals surface area contributed by atoms with E-state index in [1.165, 1.54) is 9.13 Å². The van der Waals surface area contributed by atoms with E-state index in [1.54, 1.807) is 19.0 Å². The minimum Gasteiger partial charge on any atom is -0.335 e. The van der Waals surface area contributed by atoms with Crippen LogP contribution in [0, 0.1) is 3.57 Å². The number of benzene rings is 1. The Labute approximate surface area is 110 Å². The third-order valence-electron chi connectivity index (χ3n) is 2.23. The van der Waals surface area contributed by atoms with E-state index in [-0.39, 0.29) is 12.1 Å². The van der Waals surface area contributed by atoms with Gasteiger partial charge in [0.25, 0.3) is 0 Å². The molecule has 0 heterocycles. The van der Waals surface area contributed by atoms with Crippen LogP contribution in [0.3, 0.4) is 0 Å². The molecule has 0 aliphatic rings. The van der Waals surface area contributed by atoms with Crippen molar-refractivity contribution in [1.29, 1.82) is 0 Å². The summed E-state index contributed by atoms with van der Waals surface area (Å²) in [6.07, 6.45) is 0.858. The highest BCUT2D eigenvalue weighted by Gasteiger charge is 2.08. The number of urea groups is 1. The van der Waals surface area contributed by atoms with Gasteiger partial charge >= 0.3 is 6.03 Å². The Morgan fingerprint density at radius 3 is 2.44 bits per heavy atom. The molecule has 1 unspecified atom stereocenters. The fraction of sp³-hybridized carbons (Fsp3) is 0.417. The van der Waals surface area contributed by atoms with Gasteiger partial charge in [-0.15, -0.1) is 0 Å². The van der Waals surface area contributed by atoms with Crippen molar-refractivity contribution >= 4 is 28.6 Å². The lowest BCUT2D eigenvalue weighted by Crippen LogP contribution is -2.40. The molecule has 0 radical (unpaired) electrons. The zero-order valence-electron chi connectivity index (χ0n) is 9.83. The fourth-order valence-electron chi connectivity index (χ4n) is 1.36. The van der Waals surface area contributed by atoms with Crippen LogP contribution in [0.5, 0.6) is 0 Å². The standard InChI is InChI=1S/C12H17IN2O/c1-9(14-12(16)15(2)3)8-10-4-6-11(13)7-5-10/h4-7,9H,8H2,1-3H3,(H,14,16). The first-order chi connectivity index (χ1) is 7.49. The third-order valence-corrected chi connectivity index (χ3v) is 2.95. The quantitative estimate of drug-likeness (QED) is 0.848. The Morgan fingerprint density at radius 2 is 1.94 bits per heavy atom. The summed E-state index contributed by atoms with van der Waals surface area (Å²) in [5.74, 6) is 0. The molecule has 16 heavy (non-hydrogen) atoms. The summed E-state index contributed by atoms with van der Waals surface area (Å²) < 4.78 is 1.23. The van der Waals surface area contributed by atoms with Crippen molar-refractivity contribution in [2.75, 3.05) is 14.1 Å². The van der Waals surface area contributed by atoms with Crippen LogP contribution in [0.4, 0.5) is 4.79 Å². The van der Waals surface area contributed by atoms with Crippen molar-refractivity contribution in [3.8, 4) is 0 Å². The maximum atomic E-state index is 11.4. The SMILES string of the molecule is CC(Cc1ccc(I)cc1)NC(=O)N(C)C. The van der Waals surface area contributed by atoms with Gasteiger partial charge in [0, 0.05) is 23.7 Å². The number of nitrogens with one attached hydrogen (secondary N) is 1. The van der Waals surface area contributed by atoms with E-state index in [9.17, 15) is 4.79 Å². The topological polar surface area (TPSA) is 32.3 Å². The maximum Gasteiger partial charge on any atom is 0.317 e. The zero-order chi connectivity index (χ0) is 12.1. The number of halogens is 1. The van der Waals surface area contributed by atoms with Gasteiger partial charge in [-0.25, -0.2) is 4.79 Å². The number of carbonyl (C=O) groups excluding carboxylic acids is 1. The predicted molar refractivity (Wildman–Crippen MR) is 74.5 cm³/mol. The van der Waals surface area contributed by atoms with Crippen LogP contribution < -0.4 is 5.32 Å². The highest BCUT2D eigenvalue weighted by molar-refractivity contribution is 14.1. The van der Waals surface area contributed by atoms with Crippen LogP contribution >= 0.6 is 22.6 Å². The molecule has 1 aromatic carbocycles. The van der Waals surface area contributed by atoms with E-state index in [0.717, 1.165) is 6.42 Å². The molecule has 0 spiro atoms. The molecule has 3 nitrogen and oxygen atoms in total. The van der Waals surface area contributed by atoms with Crippen molar-refractivity contribution in [2.24, 2.45) is 0 Å². The minimum atomic E-state index is -0.0435. The predicted octanol–water partition coefficient (Wildman–Crippen LogP) is 2.49. The largest absolute Gasteiger partial charge is 0.335 e. The van der Waals surface area contributed by atoms with Gasteiger partial charge < -0.3 is 10.2 Å². The lowest BCUT2D eigenvalue weighted by molar-refractivity contribution is 0.214. The molecule has 1 aromatic rings. The molecule has 88 valence electrons. The van der Waals surface area contributed by atoms with Gasteiger partial charge in [-0.3, -0.25) is 0 Å². The van der Waals surface area contributed by atoms with Crippen LogP contribution in [-0.4, -0.2) is 31.1 Å². The maximum absolute atomic E-state index is 11.4. The molecule has 0 saturated heterocycles. The molecule has 1 atom stereocenters. The Kier molecular flexibility index (Phi) is 5.05. The lowest BCUT2D eigenvalue weighted by Gasteiger charge is -2.17. The second-order valence-corrected chi connectivity index (χ2v) is 5.32. The number of amides is 2. The third kappa shape index (κ3) is 4.38. The molecule has 1 rings (SSSR count). The van der Waals surface area contributed by atoms with Crippen molar-refractivity contribution in [3.05, 3.63) is 33.4 Å². The first kappa shape index (κ1) is 13.3. The number of hydrogen-bond acceptors (Lipinski definition) is 1. The van der Waals surface area contributed by atoms with Gasteiger partial charge in [0.2, 0.25) is 0 Å². The first-order valence-corrected chi connectivity index (χ1v) is 6.29. The van der Waals surface area contributed by atoms with E-state index in [0.29, 0.717) is 0 Å². The molecule has 0 bridgehead atoms. The highest BCUT2D eigenvalue weighted by Crippen LogP contribution is 2.08. The van der Waals surface area contributed by atoms with Crippen LogP contribution in [0.2, 0.25) is 0 Å². The molecule has 0 aromatic heterocycles. The smallest absolute Gasteiger partial charge is 0.317 e. The average Bonchev–Trinajstić information content (AvgIpc) is 2.21. The van der Waals surface area contributed by atoms with Crippen molar-refractivity contribution in [3.63, 3.8) is 0 Å². The Bertz CT molecular complexity index is 349. The first-order valence-electron chi connectivity index (χ1n) is 5.21. The Morgan fingerprint density at radius 1 is 1.38 bits per heavy atom. The minimum absolute atomic E-state index is 0.0435. The van der Waals surface area contributed by atoms with Gasteiger partial charge in [0.15, 0.2) is 0 Å². The van der Waals surface area contributed by atoms with E-state index >= 15 is 0 Å². The van der Waals surface area contributed by atoms with Crippen molar-refractivity contribution in [1.82, 2.24) is 10.2 Å². The van der Waals surface area contributed by atoms with Gasteiger partial charge in [-0.2, -0.15) is 0 Å². The zero-order valence-corrected chi connectivity index (χ0v) is 12.0. The van der Waals surface area contributed by atoms with Crippen LogP contribution in [0.1, 0.15) is 12.5 Å². The fourth-order valence-corrected chi connectivity index (χ4v) is 1.72. The molecule has 2 amide bonds.